The summed E-state index contributed by atoms with van der Waals surface area (Å²) in [6.07, 6.45) is 0.506. The molecule has 14 heavy (non-hydrogen) atoms. The number of fused-ring (bicyclic) bond motifs is 1. The van der Waals surface area contributed by atoms with Crippen molar-refractivity contribution in [2.45, 2.75) is 6.42 Å². The lowest BCUT2D eigenvalue weighted by molar-refractivity contribution is 0.197. The zero-order valence-electron chi connectivity index (χ0n) is 7.66. The van der Waals surface area contributed by atoms with Crippen molar-refractivity contribution < 1.29 is 9.50 Å². The first-order valence-electron chi connectivity index (χ1n) is 4.56. The summed E-state index contributed by atoms with van der Waals surface area (Å²) in [7, 11) is 0. The third kappa shape index (κ3) is 1.75. The van der Waals surface area contributed by atoms with Crippen molar-refractivity contribution in [1.29, 1.82) is 0 Å². The largest absolute Gasteiger partial charge is 0.236 e. The lowest BCUT2D eigenvalue weighted by Gasteiger charge is -2.01. The molecular formula is C12H10FO. The Morgan fingerprint density at radius 1 is 1.00 bits per heavy atom. The summed E-state index contributed by atoms with van der Waals surface area (Å²) >= 11 is 0. The van der Waals surface area contributed by atoms with Crippen molar-refractivity contribution in [3.05, 3.63) is 47.8 Å². The summed E-state index contributed by atoms with van der Waals surface area (Å²) in [4.78, 5) is 0. The maximum Gasteiger partial charge on any atom is 0.123 e. The van der Waals surface area contributed by atoms with Crippen molar-refractivity contribution in [3.63, 3.8) is 0 Å². The molecule has 0 amide bonds. The van der Waals surface area contributed by atoms with E-state index in [9.17, 15) is 9.50 Å². The second kappa shape index (κ2) is 3.76. The van der Waals surface area contributed by atoms with Crippen LogP contribution in [0.15, 0.2) is 36.4 Å². The molecule has 0 atom stereocenters. The van der Waals surface area contributed by atoms with Crippen LogP contribution in [0.25, 0.3) is 10.8 Å². The Hall–Kier alpha value is -1.41. The van der Waals surface area contributed by atoms with Crippen molar-refractivity contribution in [2.75, 3.05) is 6.61 Å². The Morgan fingerprint density at radius 2 is 1.79 bits per heavy atom. The van der Waals surface area contributed by atoms with E-state index in [1.165, 1.54) is 12.1 Å². The summed E-state index contributed by atoms with van der Waals surface area (Å²) in [6, 6.07) is 10.4. The van der Waals surface area contributed by atoms with Gasteiger partial charge in [0.2, 0.25) is 0 Å². The van der Waals surface area contributed by atoms with Crippen LogP contribution in [-0.2, 0) is 11.5 Å². The monoisotopic (exact) mass is 189 g/mol. The highest BCUT2D eigenvalue weighted by atomic mass is 19.1. The molecule has 1 radical (unpaired) electrons. The number of benzene rings is 2. The van der Waals surface area contributed by atoms with Gasteiger partial charge in [0.15, 0.2) is 0 Å². The Labute approximate surface area is 81.8 Å². The minimum Gasteiger partial charge on any atom is -0.236 e. The average molecular weight is 189 g/mol. The van der Waals surface area contributed by atoms with Gasteiger partial charge in [-0.25, -0.2) is 9.50 Å². The number of hydrogen-bond donors (Lipinski definition) is 0. The van der Waals surface area contributed by atoms with Crippen LogP contribution in [0.1, 0.15) is 5.56 Å². The minimum atomic E-state index is -0.239. The molecule has 71 valence electrons. The van der Waals surface area contributed by atoms with Gasteiger partial charge in [-0.15, -0.1) is 0 Å². The van der Waals surface area contributed by atoms with Crippen molar-refractivity contribution in [3.8, 4) is 0 Å². The molecule has 1 nitrogen and oxygen atoms in total. The van der Waals surface area contributed by atoms with Gasteiger partial charge in [0.1, 0.15) is 5.82 Å². The minimum absolute atomic E-state index is 0.124. The maximum absolute atomic E-state index is 12.9. The first-order valence-corrected chi connectivity index (χ1v) is 4.56. The molecule has 2 rings (SSSR count). The predicted molar refractivity (Wildman–Crippen MR) is 53.2 cm³/mol. The van der Waals surface area contributed by atoms with Crippen LogP contribution in [0.4, 0.5) is 4.39 Å². The second-order valence-electron chi connectivity index (χ2n) is 3.28. The van der Waals surface area contributed by atoms with Crippen LogP contribution in [0.2, 0.25) is 0 Å². The van der Waals surface area contributed by atoms with Crippen molar-refractivity contribution >= 4 is 10.8 Å². The van der Waals surface area contributed by atoms with E-state index in [1.54, 1.807) is 6.07 Å². The molecule has 0 aliphatic carbocycles. The Bertz CT molecular complexity index is 451. The van der Waals surface area contributed by atoms with Crippen LogP contribution >= 0.6 is 0 Å². The van der Waals surface area contributed by atoms with Crippen LogP contribution in [0.3, 0.4) is 0 Å². The molecule has 0 N–H and O–H groups in total. The molecule has 0 aliphatic rings. The first-order chi connectivity index (χ1) is 6.79. The van der Waals surface area contributed by atoms with Gasteiger partial charge in [-0.2, -0.15) is 0 Å². The van der Waals surface area contributed by atoms with Crippen LogP contribution in [0.5, 0.6) is 0 Å². The molecule has 0 spiro atoms. The highest BCUT2D eigenvalue weighted by Crippen LogP contribution is 2.17. The van der Waals surface area contributed by atoms with Gasteiger partial charge in [0.25, 0.3) is 0 Å². The summed E-state index contributed by atoms with van der Waals surface area (Å²) in [5, 5.41) is 12.3. The Balaban J connectivity index is 2.52. The third-order valence-corrected chi connectivity index (χ3v) is 2.26. The van der Waals surface area contributed by atoms with Gasteiger partial charge < -0.3 is 0 Å². The van der Waals surface area contributed by atoms with Gasteiger partial charge in [0, 0.05) is 0 Å². The third-order valence-electron chi connectivity index (χ3n) is 2.26. The molecule has 0 aromatic heterocycles. The Morgan fingerprint density at radius 3 is 2.57 bits per heavy atom. The molecule has 0 aliphatic heterocycles. The number of hydrogen-bond acceptors (Lipinski definition) is 0. The van der Waals surface area contributed by atoms with Gasteiger partial charge in [-0.1, -0.05) is 24.3 Å². The van der Waals surface area contributed by atoms with Crippen LogP contribution < -0.4 is 0 Å². The average Bonchev–Trinajstić information content (AvgIpc) is 2.17. The van der Waals surface area contributed by atoms with E-state index < -0.39 is 0 Å². The van der Waals surface area contributed by atoms with Gasteiger partial charge in [0.05, 0.1) is 6.61 Å². The zero-order valence-corrected chi connectivity index (χ0v) is 7.66. The van der Waals surface area contributed by atoms with E-state index in [-0.39, 0.29) is 12.4 Å². The summed E-state index contributed by atoms with van der Waals surface area (Å²) in [6.45, 7) is -0.124. The second-order valence-corrected chi connectivity index (χ2v) is 3.28. The molecule has 0 unspecified atom stereocenters. The van der Waals surface area contributed by atoms with E-state index in [1.807, 2.05) is 18.2 Å². The van der Waals surface area contributed by atoms with Crippen molar-refractivity contribution in [1.82, 2.24) is 0 Å². The number of rotatable bonds is 2. The molecule has 2 aromatic carbocycles. The Kier molecular flexibility index (Phi) is 2.46. The summed E-state index contributed by atoms with van der Waals surface area (Å²) in [5.41, 5.74) is 0.970. The molecule has 0 saturated carbocycles. The number of halogens is 1. The fourth-order valence-electron chi connectivity index (χ4n) is 1.54. The topological polar surface area (TPSA) is 19.9 Å². The van der Waals surface area contributed by atoms with Gasteiger partial charge >= 0.3 is 0 Å². The van der Waals surface area contributed by atoms with Crippen molar-refractivity contribution in [2.24, 2.45) is 0 Å². The molecule has 2 heteroatoms. The molecule has 2 aromatic rings. The highest BCUT2D eigenvalue weighted by Gasteiger charge is 1.98. The molecule has 0 bridgehead atoms. The van der Waals surface area contributed by atoms with E-state index in [0.717, 1.165) is 16.3 Å². The zero-order chi connectivity index (χ0) is 9.97. The quantitative estimate of drug-likeness (QED) is 0.692. The maximum atomic E-state index is 12.9. The molecule has 0 fully saturated rings. The lowest BCUT2D eigenvalue weighted by Crippen LogP contribution is -1.88. The lowest BCUT2D eigenvalue weighted by atomic mass is 10.1. The summed E-state index contributed by atoms with van der Waals surface area (Å²) < 4.78 is 12.9. The van der Waals surface area contributed by atoms with Crippen LogP contribution in [0, 0.1) is 5.82 Å². The molecule has 0 saturated heterocycles. The van der Waals surface area contributed by atoms with E-state index in [2.05, 4.69) is 0 Å². The fourth-order valence-corrected chi connectivity index (χ4v) is 1.54. The van der Waals surface area contributed by atoms with Gasteiger partial charge in [-0.3, -0.25) is 0 Å². The normalized spacial score (nSPS) is 10.7. The van der Waals surface area contributed by atoms with E-state index in [4.69, 9.17) is 0 Å². The SMILES string of the molecule is [O]CCc1ccc2ccc(F)cc2c1. The smallest absolute Gasteiger partial charge is 0.123 e. The van der Waals surface area contributed by atoms with E-state index in [0.29, 0.717) is 6.42 Å². The summed E-state index contributed by atoms with van der Waals surface area (Å²) in [5.74, 6) is -0.239. The fraction of sp³-hybridized carbons (Fsp3) is 0.167. The van der Waals surface area contributed by atoms with Crippen LogP contribution in [-0.4, -0.2) is 6.61 Å². The first kappa shape index (κ1) is 9.16. The van der Waals surface area contributed by atoms with Gasteiger partial charge in [-0.05, 0) is 34.9 Å². The molecular weight excluding hydrogens is 179 g/mol. The highest BCUT2D eigenvalue weighted by molar-refractivity contribution is 5.83. The predicted octanol–water partition coefficient (Wildman–Crippen LogP) is 2.95. The standard InChI is InChI=1S/C12H10FO/c13-12-4-3-10-2-1-9(5-6-14)7-11(10)8-12/h1-4,7-8H,5-6H2. The van der Waals surface area contributed by atoms with E-state index >= 15 is 0 Å². The molecule has 0 heterocycles.